The average Bonchev–Trinajstić information content (AvgIpc) is 2.83. The molecule has 134 valence electrons. The van der Waals surface area contributed by atoms with Gasteiger partial charge < -0.3 is 10.1 Å². The van der Waals surface area contributed by atoms with Crippen molar-refractivity contribution >= 4 is 46.4 Å². The molecule has 0 aromatic carbocycles. The van der Waals surface area contributed by atoms with Crippen LogP contribution in [0.5, 0.6) is 0 Å². The lowest BCUT2D eigenvalue weighted by Crippen LogP contribution is -2.38. The molecule has 1 fully saturated rings. The molecule has 1 aliphatic heterocycles. The predicted octanol–water partition coefficient (Wildman–Crippen LogP) is 1.32. The lowest BCUT2D eigenvalue weighted by Gasteiger charge is -2.13. The molecule has 10 heteroatoms. The second-order valence-electron chi connectivity index (χ2n) is 5.27. The summed E-state index contributed by atoms with van der Waals surface area (Å²) in [7, 11) is 0. The number of pyridine rings is 1. The largest absolute Gasteiger partial charge is 0.452 e. The van der Waals surface area contributed by atoms with E-state index < -0.39 is 18.5 Å². The van der Waals surface area contributed by atoms with E-state index >= 15 is 0 Å². The van der Waals surface area contributed by atoms with Gasteiger partial charge in [-0.25, -0.2) is 9.78 Å². The van der Waals surface area contributed by atoms with Crippen molar-refractivity contribution in [1.82, 2.24) is 15.2 Å². The summed E-state index contributed by atoms with van der Waals surface area (Å²) in [6.07, 6.45) is 0. The minimum Gasteiger partial charge on any atom is -0.452 e. The molecule has 0 saturated carbocycles. The molecule has 3 amide bonds. The van der Waals surface area contributed by atoms with E-state index in [1.165, 1.54) is 0 Å². The van der Waals surface area contributed by atoms with Gasteiger partial charge >= 0.3 is 5.97 Å². The van der Waals surface area contributed by atoms with Gasteiger partial charge in [-0.1, -0.05) is 23.4 Å². The maximum Gasteiger partial charge on any atom is 0.342 e. The highest BCUT2D eigenvalue weighted by Crippen LogP contribution is 2.20. The third-order valence-electron chi connectivity index (χ3n) is 3.34. The van der Waals surface area contributed by atoms with Crippen molar-refractivity contribution in [1.29, 1.82) is 0 Å². The van der Waals surface area contributed by atoms with Crippen molar-refractivity contribution in [2.75, 3.05) is 25.4 Å². The normalized spacial score (nSPS) is 14.0. The smallest absolute Gasteiger partial charge is 0.342 e. The van der Waals surface area contributed by atoms with E-state index in [2.05, 4.69) is 10.3 Å². The number of aryl methyl sites for hydroxylation is 2. The van der Waals surface area contributed by atoms with Crippen molar-refractivity contribution in [3.05, 3.63) is 28.0 Å². The number of nitrogens with one attached hydrogen (secondary N) is 1. The number of aromatic nitrogens is 1. The van der Waals surface area contributed by atoms with Crippen LogP contribution in [0.25, 0.3) is 0 Å². The van der Waals surface area contributed by atoms with Gasteiger partial charge in [0.05, 0.1) is 11.3 Å². The molecule has 1 aromatic heterocycles. The maximum atomic E-state index is 12.0. The Bertz CT molecular complexity index is 701. The van der Waals surface area contributed by atoms with Gasteiger partial charge in [-0.15, -0.1) is 0 Å². The maximum absolute atomic E-state index is 12.0. The van der Waals surface area contributed by atoms with E-state index in [0.29, 0.717) is 11.3 Å². The van der Waals surface area contributed by atoms with Gasteiger partial charge in [0.2, 0.25) is 5.91 Å². The van der Waals surface area contributed by atoms with Crippen LogP contribution in [0.15, 0.2) is 6.07 Å². The average molecular weight is 386 g/mol. The Labute approximate surface area is 153 Å². The summed E-state index contributed by atoms with van der Waals surface area (Å²) in [6, 6.07) is 1.69. The molecule has 8 nitrogen and oxygen atoms in total. The molecule has 25 heavy (non-hydrogen) atoms. The highest BCUT2D eigenvalue weighted by atomic mass is 35.5. The number of amides is 3. The topological polar surface area (TPSA) is 106 Å². The quantitative estimate of drug-likeness (QED) is 0.581. The van der Waals surface area contributed by atoms with Crippen LogP contribution in [0.3, 0.4) is 0 Å². The first kappa shape index (κ1) is 19.2. The molecule has 0 unspecified atom stereocenters. The zero-order chi connectivity index (χ0) is 18.6. The number of nitrogens with zero attached hydrogens (tertiary/aromatic N) is 2. The summed E-state index contributed by atoms with van der Waals surface area (Å²) in [4.78, 5) is 51.6. The Kier molecular flexibility index (Phi) is 6.38. The minimum atomic E-state index is -0.744. The molecule has 1 saturated heterocycles. The summed E-state index contributed by atoms with van der Waals surface area (Å²) >= 11 is 6.87. The van der Waals surface area contributed by atoms with Gasteiger partial charge in [-0.2, -0.15) is 0 Å². The number of carbonyl (C=O) groups excluding carboxylic acids is 4. The molecule has 2 heterocycles. The molecule has 1 N–H and O–H groups in total. The number of rotatable bonds is 6. The second kappa shape index (κ2) is 8.30. The fourth-order valence-corrected chi connectivity index (χ4v) is 3.31. The highest BCUT2D eigenvalue weighted by molar-refractivity contribution is 8.14. The van der Waals surface area contributed by atoms with Crippen molar-refractivity contribution < 1.29 is 23.9 Å². The monoisotopic (exact) mass is 385 g/mol. The van der Waals surface area contributed by atoms with Gasteiger partial charge in [-0.05, 0) is 25.5 Å². The lowest BCUT2D eigenvalue weighted by atomic mass is 10.1. The summed E-state index contributed by atoms with van der Waals surface area (Å²) in [5.74, 6) is -1.46. The summed E-state index contributed by atoms with van der Waals surface area (Å²) < 4.78 is 4.93. The van der Waals surface area contributed by atoms with Crippen LogP contribution in [0, 0.1) is 13.8 Å². The Balaban J connectivity index is 1.79. The number of imide groups is 1. The van der Waals surface area contributed by atoms with E-state index in [1.54, 1.807) is 19.9 Å². The standard InChI is InChI=1S/C15H16ClN3O5S/c1-8-5-9(2)18-13(16)12(8)14(22)24-6-10(20)17-3-4-19-11(21)7-25-15(19)23/h5H,3-4,6-7H2,1-2H3,(H,17,20). The Morgan fingerprint density at radius 3 is 2.72 bits per heavy atom. The summed E-state index contributed by atoms with van der Waals surface area (Å²) in [6.45, 7) is 3.10. The SMILES string of the molecule is Cc1cc(C)c(C(=O)OCC(=O)NCCN2C(=O)CSC2=O)c(Cl)n1. The van der Waals surface area contributed by atoms with Gasteiger partial charge in [0.15, 0.2) is 6.61 Å². The molecular weight excluding hydrogens is 370 g/mol. The number of esters is 1. The number of halogens is 1. The van der Waals surface area contributed by atoms with Gasteiger partial charge in [0.25, 0.3) is 11.1 Å². The molecule has 2 rings (SSSR count). The third-order valence-corrected chi connectivity index (χ3v) is 4.47. The Morgan fingerprint density at radius 2 is 2.12 bits per heavy atom. The summed E-state index contributed by atoms with van der Waals surface area (Å²) in [5.41, 5.74) is 1.39. The number of hydrogen-bond donors (Lipinski definition) is 1. The van der Waals surface area contributed by atoms with Crippen LogP contribution in [-0.2, 0) is 14.3 Å². The molecule has 0 spiro atoms. The zero-order valence-electron chi connectivity index (χ0n) is 13.6. The molecular formula is C15H16ClN3O5S. The van der Waals surface area contributed by atoms with Crippen LogP contribution < -0.4 is 5.32 Å². The summed E-state index contributed by atoms with van der Waals surface area (Å²) in [5, 5.41) is 2.16. The molecule has 1 aliphatic rings. The molecule has 0 aliphatic carbocycles. The van der Waals surface area contributed by atoms with Crippen LogP contribution in [0.2, 0.25) is 5.15 Å². The zero-order valence-corrected chi connectivity index (χ0v) is 15.2. The van der Waals surface area contributed by atoms with Gasteiger partial charge in [-0.3, -0.25) is 19.3 Å². The van der Waals surface area contributed by atoms with E-state index in [4.69, 9.17) is 16.3 Å². The van der Waals surface area contributed by atoms with E-state index in [9.17, 15) is 19.2 Å². The number of hydrogen-bond acceptors (Lipinski definition) is 7. The van der Waals surface area contributed by atoms with Gasteiger partial charge in [0, 0.05) is 18.8 Å². The second-order valence-corrected chi connectivity index (χ2v) is 6.56. The van der Waals surface area contributed by atoms with Crippen molar-refractivity contribution in [3.8, 4) is 0 Å². The van der Waals surface area contributed by atoms with Crippen LogP contribution in [0.4, 0.5) is 4.79 Å². The van der Waals surface area contributed by atoms with Crippen molar-refractivity contribution in [3.63, 3.8) is 0 Å². The first-order chi connectivity index (χ1) is 11.8. The van der Waals surface area contributed by atoms with Crippen molar-refractivity contribution in [2.45, 2.75) is 13.8 Å². The Hall–Kier alpha value is -2.13. The molecule has 1 aromatic rings. The first-order valence-corrected chi connectivity index (χ1v) is 8.70. The van der Waals surface area contributed by atoms with E-state index in [1.807, 2.05) is 0 Å². The predicted molar refractivity (Wildman–Crippen MR) is 91.6 cm³/mol. The van der Waals surface area contributed by atoms with Gasteiger partial charge in [0.1, 0.15) is 5.15 Å². The molecule has 0 bridgehead atoms. The Morgan fingerprint density at radius 1 is 1.40 bits per heavy atom. The number of thioether (sulfide) groups is 1. The van der Waals surface area contributed by atoms with Crippen LogP contribution >= 0.6 is 23.4 Å². The molecule has 0 radical (unpaired) electrons. The highest BCUT2D eigenvalue weighted by Gasteiger charge is 2.29. The number of carbonyl (C=O) groups is 4. The minimum absolute atomic E-state index is 0.0199. The fourth-order valence-electron chi connectivity index (χ4n) is 2.19. The number of ether oxygens (including phenoxy) is 1. The third kappa shape index (κ3) is 4.93. The van der Waals surface area contributed by atoms with Crippen LogP contribution in [0.1, 0.15) is 21.6 Å². The van der Waals surface area contributed by atoms with Crippen LogP contribution in [-0.4, -0.2) is 58.4 Å². The lowest BCUT2D eigenvalue weighted by molar-refractivity contribution is -0.126. The van der Waals surface area contributed by atoms with E-state index in [-0.39, 0.29) is 40.7 Å². The molecule has 0 atom stereocenters. The van der Waals surface area contributed by atoms with E-state index in [0.717, 1.165) is 16.7 Å². The van der Waals surface area contributed by atoms with Crippen molar-refractivity contribution in [2.24, 2.45) is 0 Å². The fraction of sp³-hybridized carbons (Fsp3) is 0.400. The first-order valence-electron chi connectivity index (χ1n) is 7.34.